The van der Waals surface area contributed by atoms with E-state index in [1.54, 1.807) is 18.4 Å². The Labute approximate surface area is 169 Å². The second kappa shape index (κ2) is 8.17. The van der Waals surface area contributed by atoms with Gasteiger partial charge in [0, 0.05) is 13.1 Å². The van der Waals surface area contributed by atoms with Crippen molar-refractivity contribution in [2.75, 3.05) is 27.2 Å². The lowest BCUT2D eigenvalue weighted by molar-refractivity contribution is 0.299. The Morgan fingerprint density at radius 3 is 3.04 bits per heavy atom. The van der Waals surface area contributed by atoms with Crippen LogP contribution in [0.25, 0.3) is 10.2 Å². The van der Waals surface area contributed by atoms with Crippen molar-refractivity contribution < 1.29 is 4.74 Å². The van der Waals surface area contributed by atoms with Crippen molar-refractivity contribution in [1.29, 1.82) is 0 Å². The minimum absolute atomic E-state index is 0.594. The average Bonchev–Trinajstić information content (AvgIpc) is 3.05. The van der Waals surface area contributed by atoms with Crippen LogP contribution >= 0.6 is 22.9 Å². The number of methoxy groups -OCH3 is 1. The van der Waals surface area contributed by atoms with Gasteiger partial charge in [-0.25, -0.2) is 4.98 Å². The fourth-order valence-electron chi connectivity index (χ4n) is 4.18. The Hall–Kier alpha value is -1.62. The molecule has 0 radical (unpaired) electrons. The number of nitrogens with zero attached hydrogens (tertiary/aromatic N) is 2. The van der Waals surface area contributed by atoms with Crippen molar-refractivity contribution in [3.8, 4) is 5.75 Å². The number of likely N-dealkylation sites (N-methyl/N-ethyl adjacent to an activating group) is 1. The number of aromatic nitrogens is 1. The molecule has 3 aromatic rings. The molecule has 142 valence electrons. The molecule has 0 fully saturated rings. The molecular formula is C22H25ClN2OS. The third kappa shape index (κ3) is 4.13. The molecular weight excluding hydrogens is 376 g/mol. The highest BCUT2D eigenvalue weighted by Crippen LogP contribution is 2.37. The molecule has 2 aromatic carbocycles. The molecule has 27 heavy (non-hydrogen) atoms. The summed E-state index contributed by atoms with van der Waals surface area (Å²) in [6.45, 7) is 2.14. The maximum atomic E-state index is 6.02. The van der Waals surface area contributed by atoms with Gasteiger partial charge in [0.05, 0.1) is 17.3 Å². The molecule has 1 atom stereocenters. The van der Waals surface area contributed by atoms with Gasteiger partial charge in [0.2, 0.25) is 0 Å². The summed E-state index contributed by atoms with van der Waals surface area (Å²) in [4.78, 5) is 6.79. The van der Waals surface area contributed by atoms with Crippen LogP contribution in [0.3, 0.4) is 0 Å². The van der Waals surface area contributed by atoms with Gasteiger partial charge in [-0.2, -0.15) is 0 Å². The number of thiazole rings is 1. The number of ether oxygens (including phenoxy) is 1. The van der Waals surface area contributed by atoms with E-state index in [0.29, 0.717) is 10.4 Å². The van der Waals surface area contributed by atoms with Crippen LogP contribution in [0.15, 0.2) is 36.4 Å². The Bertz CT molecular complexity index is 939. The van der Waals surface area contributed by atoms with Gasteiger partial charge in [-0.05, 0) is 73.5 Å². The first-order valence-corrected chi connectivity index (χ1v) is 10.7. The number of hydrogen-bond acceptors (Lipinski definition) is 4. The van der Waals surface area contributed by atoms with E-state index < -0.39 is 0 Å². The van der Waals surface area contributed by atoms with Crippen molar-refractivity contribution in [2.45, 2.75) is 31.6 Å². The lowest BCUT2D eigenvalue weighted by atomic mass is 9.82. The summed E-state index contributed by atoms with van der Waals surface area (Å²) >= 11 is 7.58. The van der Waals surface area contributed by atoms with E-state index in [2.05, 4.69) is 53.3 Å². The fourth-order valence-corrected chi connectivity index (χ4v) is 5.27. The predicted molar refractivity (Wildman–Crippen MR) is 115 cm³/mol. The van der Waals surface area contributed by atoms with Crippen LogP contribution in [0, 0.1) is 0 Å². The summed E-state index contributed by atoms with van der Waals surface area (Å²) in [6, 6.07) is 13.0. The highest BCUT2D eigenvalue weighted by Gasteiger charge is 2.23. The minimum atomic E-state index is 0.594. The Morgan fingerprint density at radius 1 is 1.30 bits per heavy atom. The molecule has 0 bridgehead atoms. The lowest BCUT2D eigenvalue weighted by Gasteiger charge is -2.30. The number of hydrogen-bond donors (Lipinski definition) is 0. The second-order valence-electron chi connectivity index (χ2n) is 7.40. The molecule has 1 aliphatic carbocycles. The summed E-state index contributed by atoms with van der Waals surface area (Å²) < 4.78 is 7.37. The van der Waals surface area contributed by atoms with E-state index in [-0.39, 0.29) is 0 Å². The molecule has 0 saturated heterocycles. The van der Waals surface area contributed by atoms with Gasteiger partial charge in [0.1, 0.15) is 5.75 Å². The third-order valence-corrected chi connectivity index (χ3v) is 6.67. The SMILES string of the molecule is COc1cccc2c1CCC[C@H]2CN(C)CCc1ccc2nc(Cl)sc2c1. The largest absolute Gasteiger partial charge is 0.496 e. The maximum absolute atomic E-state index is 6.02. The van der Waals surface area contributed by atoms with Gasteiger partial charge in [-0.15, -0.1) is 11.3 Å². The van der Waals surface area contributed by atoms with E-state index in [9.17, 15) is 0 Å². The lowest BCUT2D eigenvalue weighted by Crippen LogP contribution is -2.28. The van der Waals surface area contributed by atoms with E-state index in [1.165, 1.54) is 34.2 Å². The van der Waals surface area contributed by atoms with Crippen LogP contribution in [0.1, 0.15) is 35.4 Å². The zero-order chi connectivity index (χ0) is 18.8. The zero-order valence-corrected chi connectivity index (χ0v) is 17.4. The molecule has 1 aromatic heterocycles. The second-order valence-corrected chi connectivity index (χ2v) is 9.01. The first-order chi connectivity index (χ1) is 13.1. The van der Waals surface area contributed by atoms with E-state index in [0.717, 1.165) is 37.2 Å². The van der Waals surface area contributed by atoms with Crippen molar-refractivity contribution in [2.24, 2.45) is 0 Å². The topological polar surface area (TPSA) is 25.4 Å². The van der Waals surface area contributed by atoms with Crippen molar-refractivity contribution in [3.05, 3.63) is 57.6 Å². The zero-order valence-electron chi connectivity index (χ0n) is 15.9. The first kappa shape index (κ1) is 18.7. The van der Waals surface area contributed by atoms with Gasteiger partial charge in [-0.1, -0.05) is 29.8 Å². The van der Waals surface area contributed by atoms with Crippen LogP contribution in [-0.2, 0) is 12.8 Å². The summed E-state index contributed by atoms with van der Waals surface area (Å²) in [5.41, 5.74) is 5.24. The molecule has 0 aliphatic heterocycles. The Morgan fingerprint density at radius 2 is 2.19 bits per heavy atom. The molecule has 5 heteroatoms. The number of benzene rings is 2. The highest BCUT2D eigenvalue weighted by molar-refractivity contribution is 7.22. The molecule has 1 aliphatic rings. The van der Waals surface area contributed by atoms with Crippen LogP contribution in [0.5, 0.6) is 5.75 Å². The molecule has 0 saturated carbocycles. The molecule has 0 unspecified atom stereocenters. The standard InChI is InChI=1S/C22H25ClN2OS/c1-25(12-11-15-9-10-19-21(13-15)27-22(23)24-19)14-16-5-3-7-18-17(16)6-4-8-20(18)26-2/h4,6,8-10,13,16H,3,5,7,11-12,14H2,1-2H3/t16-/m0/s1. The minimum Gasteiger partial charge on any atom is -0.496 e. The van der Waals surface area contributed by atoms with Gasteiger partial charge >= 0.3 is 0 Å². The number of fused-ring (bicyclic) bond motifs is 2. The number of rotatable bonds is 6. The van der Waals surface area contributed by atoms with E-state index >= 15 is 0 Å². The third-order valence-electron chi connectivity index (χ3n) is 5.55. The van der Waals surface area contributed by atoms with Crippen molar-refractivity contribution in [3.63, 3.8) is 0 Å². The molecule has 0 N–H and O–H groups in total. The number of halogens is 1. The summed E-state index contributed by atoms with van der Waals surface area (Å²) in [7, 11) is 4.01. The summed E-state index contributed by atoms with van der Waals surface area (Å²) in [6.07, 6.45) is 4.68. The van der Waals surface area contributed by atoms with Crippen LogP contribution in [0.2, 0.25) is 4.47 Å². The van der Waals surface area contributed by atoms with Gasteiger partial charge in [0.25, 0.3) is 0 Å². The molecule has 1 heterocycles. The highest BCUT2D eigenvalue weighted by atomic mass is 35.5. The van der Waals surface area contributed by atoms with E-state index in [4.69, 9.17) is 16.3 Å². The van der Waals surface area contributed by atoms with E-state index in [1.807, 2.05) is 0 Å². The predicted octanol–water partition coefficient (Wildman–Crippen LogP) is 5.55. The molecule has 0 amide bonds. The summed E-state index contributed by atoms with van der Waals surface area (Å²) in [5, 5.41) is 0. The van der Waals surface area contributed by atoms with Crippen molar-refractivity contribution in [1.82, 2.24) is 9.88 Å². The van der Waals surface area contributed by atoms with Gasteiger partial charge in [-0.3, -0.25) is 0 Å². The van der Waals surface area contributed by atoms with Crippen LogP contribution in [0.4, 0.5) is 0 Å². The van der Waals surface area contributed by atoms with Crippen molar-refractivity contribution >= 4 is 33.2 Å². The fraction of sp³-hybridized carbons (Fsp3) is 0.409. The van der Waals surface area contributed by atoms with Gasteiger partial charge in [0.15, 0.2) is 4.47 Å². The monoisotopic (exact) mass is 400 g/mol. The van der Waals surface area contributed by atoms with Crippen LogP contribution < -0.4 is 4.74 Å². The smallest absolute Gasteiger partial charge is 0.184 e. The van der Waals surface area contributed by atoms with Crippen LogP contribution in [-0.4, -0.2) is 37.1 Å². The Balaban J connectivity index is 1.40. The first-order valence-electron chi connectivity index (χ1n) is 9.53. The quantitative estimate of drug-likeness (QED) is 0.542. The van der Waals surface area contributed by atoms with Gasteiger partial charge < -0.3 is 9.64 Å². The Kier molecular flexibility index (Phi) is 5.67. The average molecular weight is 401 g/mol. The normalized spacial score (nSPS) is 16.7. The summed E-state index contributed by atoms with van der Waals surface area (Å²) in [5.74, 6) is 1.65. The molecule has 4 rings (SSSR count). The molecule has 3 nitrogen and oxygen atoms in total. The maximum Gasteiger partial charge on any atom is 0.184 e. The molecule has 0 spiro atoms.